The van der Waals surface area contributed by atoms with E-state index in [4.69, 9.17) is 11.6 Å². The quantitative estimate of drug-likeness (QED) is 0.697. The Morgan fingerprint density at radius 1 is 1.36 bits per heavy atom. The molecule has 1 atom stereocenters. The van der Waals surface area contributed by atoms with Crippen molar-refractivity contribution in [2.45, 2.75) is 31.7 Å². The van der Waals surface area contributed by atoms with E-state index >= 15 is 0 Å². The van der Waals surface area contributed by atoms with Crippen molar-refractivity contribution in [1.82, 2.24) is 4.90 Å². The molecule has 0 radical (unpaired) electrons. The summed E-state index contributed by atoms with van der Waals surface area (Å²) in [7, 11) is -3.14. The van der Waals surface area contributed by atoms with Crippen LogP contribution >= 0.6 is 23.4 Å². The van der Waals surface area contributed by atoms with Gasteiger partial charge in [-0.1, -0.05) is 18.5 Å². The van der Waals surface area contributed by atoms with Gasteiger partial charge in [-0.25, -0.2) is 8.42 Å². The van der Waals surface area contributed by atoms with Gasteiger partial charge in [0.05, 0.1) is 16.3 Å². The topological polar surface area (TPSA) is 54.5 Å². The van der Waals surface area contributed by atoms with Crippen LogP contribution in [0.5, 0.6) is 0 Å². The first-order chi connectivity index (χ1) is 10.3. The zero-order valence-electron chi connectivity index (χ0n) is 13.3. The van der Waals surface area contributed by atoms with Gasteiger partial charge in [0.25, 0.3) is 5.91 Å². The van der Waals surface area contributed by atoms with Crippen molar-refractivity contribution in [3.8, 4) is 0 Å². The van der Waals surface area contributed by atoms with E-state index in [0.717, 1.165) is 4.90 Å². The van der Waals surface area contributed by atoms with E-state index in [1.54, 1.807) is 30.9 Å². The third kappa shape index (κ3) is 4.89. The van der Waals surface area contributed by atoms with E-state index in [1.807, 2.05) is 19.2 Å². The van der Waals surface area contributed by atoms with Crippen molar-refractivity contribution >= 4 is 39.1 Å². The van der Waals surface area contributed by atoms with Gasteiger partial charge < -0.3 is 4.90 Å². The van der Waals surface area contributed by atoms with E-state index in [9.17, 15) is 13.2 Å². The van der Waals surface area contributed by atoms with Crippen LogP contribution in [-0.4, -0.2) is 49.6 Å². The summed E-state index contributed by atoms with van der Waals surface area (Å²) in [5, 5.41) is 0.381. The number of amides is 1. The summed E-state index contributed by atoms with van der Waals surface area (Å²) < 4.78 is 23.6. The number of benzene rings is 1. The van der Waals surface area contributed by atoms with Crippen LogP contribution in [0.3, 0.4) is 0 Å². The summed E-state index contributed by atoms with van der Waals surface area (Å²) >= 11 is 7.66. The molecule has 4 nitrogen and oxygen atoms in total. The van der Waals surface area contributed by atoms with Gasteiger partial charge in [0.1, 0.15) is 0 Å². The number of rotatable bonds is 7. The minimum absolute atomic E-state index is 0.0388. The van der Waals surface area contributed by atoms with Crippen LogP contribution in [-0.2, 0) is 9.84 Å². The first-order valence-electron chi connectivity index (χ1n) is 7.10. The average molecular weight is 364 g/mol. The second-order valence-corrected chi connectivity index (χ2v) is 8.67. The van der Waals surface area contributed by atoms with Crippen molar-refractivity contribution in [3.63, 3.8) is 0 Å². The molecule has 0 aliphatic carbocycles. The fraction of sp³-hybridized carbons (Fsp3) is 0.533. The monoisotopic (exact) mass is 363 g/mol. The highest BCUT2D eigenvalue weighted by molar-refractivity contribution is 7.98. The fourth-order valence-corrected chi connectivity index (χ4v) is 3.97. The predicted molar refractivity (Wildman–Crippen MR) is 93.7 cm³/mol. The number of halogens is 1. The maximum atomic E-state index is 12.7. The molecule has 0 heterocycles. The summed E-state index contributed by atoms with van der Waals surface area (Å²) in [6.45, 7) is 5.62. The van der Waals surface area contributed by atoms with E-state index < -0.39 is 15.9 Å². The van der Waals surface area contributed by atoms with Gasteiger partial charge in [0.15, 0.2) is 9.84 Å². The maximum Gasteiger partial charge on any atom is 0.255 e. The standard InChI is InChI=1S/C15H22ClNO3S2/c1-5-17(11(3)10-22(19,20)6-2)15(18)13-9-12(21-4)7-8-14(13)16/h7-9,11H,5-6,10H2,1-4H3. The van der Waals surface area contributed by atoms with Crippen molar-refractivity contribution in [2.24, 2.45) is 0 Å². The molecule has 0 aliphatic rings. The molecular formula is C15H22ClNO3S2. The molecule has 1 rings (SSSR count). The highest BCUT2D eigenvalue weighted by atomic mass is 35.5. The van der Waals surface area contributed by atoms with Crippen LogP contribution in [0, 0.1) is 0 Å². The summed E-state index contributed by atoms with van der Waals surface area (Å²) in [4.78, 5) is 15.2. The van der Waals surface area contributed by atoms with Gasteiger partial charge in [0.2, 0.25) is 0 Å². The number of hydrogen-bond donors (Lipinski definition) is 0. The number of thioether (sulfide) groups is 1. The van der Waals surface area contributed by atoms with Gasteiger partial charge in [-0.05, 0) is 38.3 Å². The second kappa shape index (κ2) is 8.22. The molecule has 124 valence electrons. The summed E-state index contributed by atoms with van der Waals surface area (Å²) in [6.07, 6.45) is 1.92. The molecule has 1 aromatic rings. The van der Waals surface area contributed by atoms with Crippen molar-refractivity contribution in [2.75, 3.05) is 24.3 Å². The van der Waals surface area contributed by atoms with Crippen LogP contribution in [0.25, 0.3) is 0 Å². The van der Waals surface area contributed by atoms with Crippen molar-refractivity contribution in [3.05, 3.63) is 28.8 Å². The zero-order chi connectivity index (χ0) is 16.9. The molecule has 1 amide bonds. The lowest BCUT2D eigenvalue weighted by molar-refractivity contribution is 0.0719. The number of hydrogen-bond acceptors (Lipinski definition) is 4. The highest BCUT2D eigenvalue weighted by Crippen LogP contribution is 2.25. The molecule has 0 bridgehead atoms. The lowest BCUT2D eigenvalue weighted by atomic mass is 10.1. The maximum absolute atomic E-state index is 12.7. The molecule has 0 N–H and O–H groups in total. The molecule has 1 aromatic carbocycles. The minimum Gasteiger partial charge on any atom is -0.335 e. The van der Waals surface area contributed by atoms with E-state index in [0.29, 0.717) is 17.1 Å². The lowest BCUT2D eigenvalue weighted by Crippen LogP contribution is -2.42. The van der Waals surface area contributed by atoms with Crippen molar-refractivity contribution in [1.29, 1.82) is 0 Å². The van der Waals surface area contributed by atoms with Crippen LogP contribution in [0.1, 0.15) is 31.1 Å². The van der Waals surface area contributed by atoms with Gasteiger partial charge in [0, 0.05) is 23.2 Å². The Bertz CT molecular complexity index is 632. The van der Waals surface area contributed by atoms with Crippen molar-refractivity contribution < 1.29 is 13.2 Å². The highest BCUT2D eigenvalue weighted by Gasteiger charge is 2.25. The van der Waals surface area contributed by atoms with E-state index in [1.165, 1.54) is 11.8 Å². The number of sulfone groups is 1. The Kier molecular flexibility index (Phi) is 7.22. The van der Waals surface area contributed by atoms with Gasteiger partial charge in [-0.2, -0.15) is 0 Å². The van der Waals surface area contributed by atoms with Gasteiger partial charge in [-0.3, -0.25) is 4.79 Å². The van der Waals surface area contributed by atoms with Crippen LogP contribution in [0.4, 0.5) is 0 Å². The first kappa shape index (κ1) is 19.3. The molecule has 22 heavy (non-hydrogen) atoms. The number of nitrogens with zero attached hydrogens (tertiary/aromatic N) is 1. The summed E-state index contributed by atoms with van der Waals surface area (Å²) in [5.74, 6) is -0.198. The average Bonchev–Trinajstić information content (AvgIpc) is 2.47. The molecule has 0 fully saturated rings. The van der Waals surface area contributed by atoms with Crippen LogP contribution in [0.2, 0.25) is 5.02 Å². The Labute approximate surface area is 142 Å². The Morgan fingerprint density at radius 3 is 2.50 bits per heavy atom. The number of carbonyl (C=O) groups is 1. The predicted octanol–water partition coefficient (Wildman–Crippen LogP) is 3.35. The summed E-state index contributed by atoms with van der Waals surface area (Å²) in [5.41, 5.74) is 0.413. The number of carbonyl (C=O) groups excluding carboxylic acids is 1. The molecule has 1 unspecified atom stereocenters. The smallest absolute Gasteiger partial charge is 0.255 e. The molecule has 0 aliphatic heterocycles. The molecule has 0 saturated heterocycles. The molecule has 0 aromatic heterocycles. The van der Waals surface area contributed by atoms with Crippen LogP contribution in [0.15, 0.2) is 23.1 Å². The lowest BCUT2D eigenvalue weighted by Gasteiger charge is -2.28. The van der Waals surface area contributed by atoms with Crippen LogP contribution < -0.4 is 0 Å². The Hall–Kier alpha value is -0.720. The third-order valence-electron chi connectivity index (χ3n) is 3.47. The SMILES string of the molecule is CCN(C(=O)c1cc(SC)ccc1Cl)C(C)CS(=O)(=O)CC. The zero-order valence-corrected chi connectivity index (χ0v) is 15.7. The molecule has 0 saturated carbocycles. The Balaban J connectivity index is 3.07. The minimum atomic E-state index is -3.14. The van der Waals surface area contributed by atoms with E-state index in [-0.39, 0.29) is 17.4 Å². The fourth-order valence-electron chi connectivity index (χ4n) is 2.18. The molecule has 7 heteroatoms. The molecular weight excluding hydrogens is 342 g/mol. The van der Waals surface area contributed by atoms with Gasteiger partial charge >= 0.3 is 0 Å². The largest absolute Gasteiger partial charge is 0.335 e. The Morgan fingerprint density at radius 2 is 2.00 bits per heavy atom. The van der Waals surface area contributed by atoms with Gasteiger partial charge in [-0.15, -0.1) is 11.8 Å². The molecule has 0 spiro atoms. The van der Waals surface area contributed by atoms with E-state index in [2.05, 4.69) is 0 Å². The summed E-state index contributed by atoms with van der Waals surface area (Å²) in [6, 6.07) is 4.91. The third-order valence-corrected chi connectivity index (χ3v) is 6.40. The second-order valence-electron chi connectivity index (χ2n) is 4.98. The first-order valence-corrected chi connectivity index (χ1v) is 10.5. The normalized spacial score (nSPS) is 13.0.